The van der Waals surface area contributed by atoms with Crippen molar-refractivity contribution in [3.05, 3.63) is 47.0 Å². The highest BCUT2D eigenvalue weighted by atomic mass is 16.5. The van der Waals surface area contributed by atoms with Gasteiger partial charge >= 0.3 is 0 Å². The summed E-state index contributed by atoms with van der Waals surface area (Å²) in [5, 5.41) is 11.7. The molecule has 1 saturated heterocycles. The molecule has 3 heterocycles. The number of methoxy groups -OCH3 is 1. The van der Waals surface area contributed by atoms with E-state index in [0.29, 0.717) is 6.61 Å². The molecule has 0 saturated carbocycles. The Bertz CT molecular complexity index is 902. The minimum absolute atomic E-state index is 0.274. The molecule has 1 aromatic heterocycles. The molecule has 2 aliphatic rings. The van der Waals surface area contributed by atoms with Crippen LogP contribution in [0.2, 0.25) is 0 Å². The molecule has 8 nitrogen and oxygen atoms in total. The third-order valence-corrected chi connectivity index (χ3v) is 6.57. The van der Waals surface area contributed by atoms with Crippen LogP contribution in [0.3, 0.4) is 0 Å². The Morgan fingerprint density at radius 3 is 2.72 bits per heavy atom. The topological polar surface area (TPSA) is 79.6 Å². The number of aryl methyl sites for hydroxylation is 1. The van der Waals surface area contributed by atoms with Crippen LogP contribution in [0.15, 0.2) is 29.3 Å². The van der Waals surface area contributed by atoms with Crippen molar-refractivity contribution in [1.29, 1.82) is 0 Å². The van der Waals surface area contributed by atoms with Gasteiger partial charge in [0.15, 0.2) is 11.8 Å². The van der Waals surface area contributed by atoms with Crippen LogP contribution >= 0.6 is 0 Å². The second-order valence-corrected chi connectivity index (χ2v) is 9.09. The van der Waals surface area contributed by atoms with E-state index in [9.17, 15) is 0 Å². The second kappa shape index (κ2) is 10.9. The van der Waals surface area contributed by atoms with Crippen LogP contribution in [0.25, 0.3) is 0 Å². The van der Waals surface area contributed by atoms with Crippen LogP contribution < -0.4 is 10.6 Å². The molecule has 8 heteroatoms. The maximum absolute atomic E-state index is 5.16. The van der Waals surface area contributed by atoms with Gasteiger partial charge in [-0.3, -0.25) is 9.89 Å². The Balaban J connectivity index is 1.31. The van der Waals surface area contributed by atoms with Crippen LogP contribution in [0.5, 0.6) is 0 Å². The zero-order valence-electron chi connectivity index (χ0n) is 19.7. The number of fused-ring (bicyclic) bond motifs is 1. The Hall–Kier alpha value is -2.45. The smallest absolute Gasteiger partial charge is 0.191 e. The van der Waals surface area contributed by atoms with Crippen molar-refractivity contribution in [3.8, 4) is 0 Å². The molecule has 0 aliphatic carbocycles. The summed E-state index contributed by atoms with van der Waals surface area (Å²) < 4.78 is 7.16. The molecular weight excluding hydrogens is 402 g/mol. The number of ether oxygens (including phenoxy) is 1. The number of rotatable bonds is 7. The van der Waals surface area contributed by atoms with Gasteiger partial charge in [0.1, 0.15) is 12.4 Å². The van der Waals surface area contributed by atoms with Crippen LogP contribution in [0, 0.1) is 5.92 Å². The normalized spacial score (nSPS) is 20.2. The predicted molar refractivity (Wildman–Crippen MR) is 126 cm³/mol. The highest BCUT2D eigenvalue weighted by Gasteiger charge is 2.22. The van der Waals surface area contributed by atoms with Gasteiger partial charge in [0, 0.05) is 39.7 Å². The number of likely N-dealkylation sites (tertiary alicyclic amines) is 1. The summed E-state index contributed by atoms with van der Waals surface area (Å²) in [5.41, 5.74) is 2.74. The van der Waals surface area contributed by atoms with E-state index in [4.69, 9.17) is 4.74 Å². The predicted octanol–water partition coefficient (Wildman–Crippen LogP) is 2.34. The van der Waals surface area contributed by atoms with Gasteiger partial charge in [0.05, 0.1) is 6.54 Å². The number of piperidine rings is 1. The number of hydrogen-bond donors (Lipinski definition) is 2. The zero-order chi connectivity index (χ0) is 22.3. The third-order valence-electron chi connectivity index (χ3n) is 6.57. The van der Waals surface area contributed by atoms with Gasteiger partial charge in [-0.1, -0.05) is 31.2 Å². The van der Waals surface area contributed by atoms with Gasteiger partial charge in [-0.25, -0.2) is 9.67 Å². The molecular formula is C24H37N7O. The van der Waals surface area contributed by atoms with Crippen molar-refractivity contribution in [1.82, 2.24) is 30.3 Å². The maximum Gasteiger partial charge on any atom is 0.191 e. The van der Waals surface area contributed by atoms with Crippen LogP contribution in [-0.4, -0.2) is 58.9 Å². The molecule has 1 fully saturated rings. The zero-order valence-corrected chi connectivity index (χ0v) is 19.7. The summed E-state index contributed by atoms with van der Waals surface area (Å²) in [7, 11) is 3.50. The molecule has 32 heavy (non-hydrogen) atoms. The van der Waals surface area contributed by atoms with Gasteiger partial charge in [-0.05, 0) is 49.4 Å². The van der Waals surface area contributed by atoms with E-state index >= 15 is 0 Å². The lowest BCUT2D eigenvalue weighted by Gasteiger charge is -2.31. The van der Waals surface area contributed by atoms with E-state index in [-0.39, 0.29) is 6.04 Å². The van der Waals surface area contributed by atoms with E-state index in [1.54, 1.807) is 7.11 Å². The minimum atomic E-state index is 0.274. The number of aliphatic imine (C=N–C) groups is 1. The molecule has 0 amide bonds. The highest BCUT2D eigenvalue weighted by molar-refractivity contribution is 5.80. The minimum Gasteiger partial charge on any atom is -0.377 e. The molecule has 0 bridgehead atoms. The molecule has 1 aromatic carbocycles. The van der Waals surface area contributed by atoms with Crippen molar-refractivity contribution in [2.24, 2.45) is 10.9 Å². The second-order valence-electron chi connectivity index (χ2n) is 9.09. The van der Waals surface area contributed by atoms with Crippen molar-refractivity contribution in [2.75, 3.05) is 27.2 Å². The van der Waals surface area contributed by atoms with E-state index < -0.39 is 0 Å². The van der Waals surface area contributed by atoms with E-state index in [0.717, 1.165) is 56.0 Å². The van der Waals surface area contributed by atoms with Gasteiger partial charge < -0.3 is 15.4 Å². The van der Waals surface area contributed by atoms with Crippen molar-refractivity contribution in [2.45, 2.75) is 64.9 Å². The first-order chi connectivity index (χ1) is 15.6. The van der Waals surface area contributed by atoms with Gasteiger partial charge in [-0.2, -0.15) is 5.10 Å². The molecule has 1 unspecified atom stereocenters. The molecule has 2 aliphatic heterocycles. The summed E-state index contributed by atoms with van der Waals surface area (Å²) in [6, 6.07) is 9.03. The molecule has 1 atom stereocenters. The summed E-state index contributed by atoms with van der Waals surface area (Å²) in [4.78, 5) is 11.6. The summed E-state index contributed by atoms with van der Waals surface area (Å²) in [6.45, 7) is 7.79. The Kier molecular flexibility index (Phi) is 7.76. The van der Waals surface area contributed by atoms with Gasteiger partial charge in [0.2, 0.25) is 0 Å². The fourth-order valence-electron chi connectivity index (χ4n) is 4.58. The van der Waals surface area contributed by atoms with Gasteiger partial charge in [-0.15, -0.1) is 0 Å². The Morgan fingerprint density at radius 1 is 1.19 bits per heavy atom. The third kappa shape index (κ3) is 5.86. The Labute approximate surface area is 191 Å². The molecule has 2 N–H and O–H groups in total. The first-order valence-corrected chi connectivity index (χ1v) is 11.8. The fourth-order valence-corrected chi connectivity index (χ4v) is 4.58. The number of hydrogen-bond acceptors (Lipinski definition) is 5. The maximum atomic E-state index is 5.16. The number of guanidine groups is 1. The lowest BCUT2D eigenvalue weighted by Crippen LogP contribution is -2.47. The van der Waals surface area contributed by atoms with Crippen molar-refractivity contribution < 1.29 is 4.74 Å². The molecule has 174 valence electrons. The van der Waals surface area contributed by atoms with Crippen LogP contribution in [-0.2, 0) is 37.4 Å². The summed E-state index contributed by atoms with van der Waals surface area (Å²) in [6.07, 6.45) is 4.52. The largest absolute Gasteiger partial charge is 0.377 e. The number of nitrogens with zero attached hydrogens (tertiary/aromatic N) is 5. The SMILES string of the molecule is CN=C(NCc1ccccc1CN1CCC(C)CC1)NC1CCc2nc(COC)nn2C1. The van der Waals surface area contributed by atoms with E-state index in [1.807, 2.05) is 11.7 Å². The van der Waals surface area contributed by atoms with Gasteiger partial charge in [0.25, 0.3) is 0 Å². The number of benzene rings is 1. The highest BCUT2D eigenvalue weighted by Crippen LogP contribution is 2.20. The molecule has 4 rings (SSSR count). The average Bonchev–Trinajstić information content (AvgIpc) is 3.21. The fraction of sp³-hybridized carbons (Fsp3) is 0.625. The van der Waals surface area contributed by atoms with Crippen molar-refractivity contribution >= 4 is 5.96 Å². The average molecular weight is 440 g/mol. The standard InChI is InChI=1S/C24H37N7O/c1-18-10-12-30(13-11-18)15-20-7-5-4-6-19(20)14-26-24(25-2)27-21-8-9-23-28-22(17-32-3)29-31(23)16-21/h4-7,18,21H,8-17H2,1-3H3,(H2,25,26,27). The van der Waals surface area contributed by atoms with Crippen LogP contribution in [0.1, 0.15) is 49.0 Å². The molecule has 0 radical (unpaired) electrons. The summed E-state index contributed by atoms with van der Waals surface area (Å²) in [5.74, 6) is 3.49. The summed E-state index contributed by atoms with van der Waals surface area (Å²) >= 11 is 0. The van der Waals surface area contributed by atoms with E-state index in [1.165, 1.54) is 37.1 Å². The Morgan fingerprint density at radius 2 is 1.97 bits per heavy atom. The van der Waals surface area contributed by atoms with Crippen molar-refractivity contribution in [3.63, 3.8) is 0 Å². The lowest BCUT2D eigenvalue weighted by molar-refractivity contribution is 0.177. The number of aromatic nitrogens is 3. The van der Waals surface area contributed by atoms with E-state index in [2.05, 4.69) is 61.8 Å². The first-order valence-electron chi connectivity index (χ1n) is 11.8. The quantitative estimate of drug-likeness (QED) is 0.509. The lowest BCUT2D eigenvalue weighted by atomic mass is 9.98. The monoisotopic (exact) mass is 439 g/mol. The first kappa shape index (κ1) is 22.7. The molecule has 0 spiro atoms. The molecule has 2 aromatic rings. The number of nitrogens with one attached hydrogen (secondary N) is 2. The van der Waals surface area contributed by atoms with Crippen LogP contribution in [0.4, 0.5) is 0 Å².